The van der Waals surface area contributed by atoms with Crippen molar-refractivity contribution in [3.8, 4) is 5.75 Å². The smallest absolute Gasteiger partial charge is 0.347 e. The fourth-order valence-corrected chi connectivity index (χ4v) is 3.85. The lowest BCUT2D eigenvalue weighted by Crippen LogP contribution is -2.31. The van der Waals surface area contributed by atoms with Crippen molar-refractivity contribution in [3.05, 3.63) is 64.8 Å². The van der Waals surface area contributed by atoms with Gasteiger partial charge in [0, 0.05) is 36.3 Å². The van der Waals surface area contributed by atoms with Crippen molar-refractivity contribution in [2.75, 3.05) is 18.1 Å². The number of esters is 1. The zero-order chi connectivity index (χ0) is 21.4. The molecule has 156 valence electrons. The Labute approximate surface area is 178 Å². The summed E-state index contributed by atoms with van der Waals surface area (Å²) in [5.41, 5.74) is 3.67. The number of rotatable bonds is 4. The molecule has 0 fully saturated rings. The third kappa shape index (κ3) is 3.35. The van der Waals surface area contributed by atoms with Crippen LogP contribution in [0.15, 0.2) is 46.1 Å². The summed E-state index contributed by atoms with van der Waals surface area (Å²) in [6, 6.07) is 7.67. The third-order valence-electron chi connectivity index (χ3n) is 5.34. The topological polar surface area (TPSA) is 101 Å². The molecule has 8 heteroatoms. The number of allylic oxidation sites excluding steroid dienone is 1. The molecule has 5 heterocycles. The minimum atomic E-state index is -0.627. The highest BCUT2D eigenvalue weighted by Gasteiger charge is 2.32. The van der Waals surface area contributed by atoms with E-state index in [4.69, 9.17) is 9.15 Å². The fraction of sp³-hybridized carbons (Fsp3) is 0.217. The Morgan fingerprint density at radius 2 is 2.13 bits per heavy atom. The number of furan rings is 1. The predicted molar refractivity (Wildman–Crippen MR) is 116 cm³/mol. The van der Waals surface area contributed by atoms with E-state index in [1.807, 2.05) is 29.2 Å². The fourth-order valence-electron chi connectivity index (χ4n) is 3.85. The molecule has 3 aromatic heterocycles. The van der Waals surface area contributed by atoms with Crippen LogP contribution < -0.4 is 4.90 Å². The molecule has 0 saturated heterocycles. The van der Waals surface area contributed by atoms with E-state index in [0.29, 0.717) is 18.9 Å². The normalized spacial score (nSPS) is 15.8. The van der Waals surface area contributed by atoms with Gasteiger partial charge in [-0.1, -0.05) is 6.07 Å². The van der Waals surface area contributed by atoms with Gasteiger partial charge in [0.25, 0.3) is 0 Å². The molecule has 0 radical (unpaired) electrons. The predicted octanol–water partition coefficient (Wildman–Crippen LogP) is 3.77. The molecule has 3 aromatic rings. The number of carbonyl (C=O) groups is 1. The molecule has 2 aliphatic rings. The van der Waals surface area contributed by atoms with Crippen molar-refractivity contribution in [2.45, 2.75) is 19.9 Å². The largest absolute Gasteiger partial charge is 0.504 e. The van der Waals surface area contributed by atoms with Gasteiger partial charge in [-0.3, -0.25) is 4.98 Å². The molecule has 0 saturated carbocycles. The minimum absolute atomic E-state index is 0.0226. The Balaban J connectivity index is 1.57. The van der Waals surface area contributed by atoms with E-state index in [0.717, 1.165) is 23.3 Å². The van der Waals surface area contributed by atoms with Crippen LogP contribution in [0.2, 0.25) is 0 Å². The maximum atomic E-state index is 12.7. The molecule has 5 rings (SSSR count). The van der Waals surface area contributed by atoms with Crippen LogP contribution in [0.3, 0.4) is 0 Å². The molecule has 0 amide bonds. The van der Waals surface area contributed by atoms with E-state index >= 15 is 0 Å². The van der Waals surface area contributed by atoms with Gasteiger partial charge in [0.2, 0.25) is 5.88 Å². The number of carbonyl (C=O) groups excluding carboxylic acids is 1. The van der Waals surface area contributed by atoms with Crippen LogP contribution in [0.5, 0.6) is 5.75 Å². The lowest BCUT2D eigenvalue weighted by atomic mass is 10.0. The maximum Gasteiger partial charge on any atom is 0.347 e. The Kier molecular flexibility index (Phi) is 4.74. The summed E-state index contributed by atoms with van der Waals surface area (Å²) in [4.78, 5) is 27.5. The van der Waals surface area contributed by atoms with E-state index in [1.165, 1.54) is 5.56 Å². The van der Waals surface area contributed by atoms with E-state index in [1.54, 1.807) is 31.6 Å². The maximum absolute atomic E-state index is 12.7. The number of aromatic hydroxyl groups is 1. The summed E-state index contributed by atoms with van der Waals surface area (Å²) in [5.74, 6) is 0.170. The SMILES string of the molecule is CCOC(=O)c1c(N2CCc3cccnc3C2)oc(C=C2C=Nc3ncccc32)c1O. The minimum Gasteiger partial charge on any atom is -0.504 e. The van der Waals surface area contributed by atoms with Gasteiger partial charge in [-0.05, 0) is 43.2 Å². The first-order valence-corrected chi connectivity index (χ1v) is 10.1. The van der Waals surface area contributed by atoms with Gasteiger partial charge in [-0.2, -0.15) is 0 Å². The summed E-state index contributed by atoms with van der Waals surface area (Å²) in [6.07, 6.45) is 7.49. The zero-order valence-corrected chi connectivity index (χ0v) is 16.9. The van der Waals surface area contributed by atoms with Crippen molar-refractivity contribution in [1.29, 1.82) is 0 Å². The molecular weight excluding hydrogens is 396 g/mol. The van der Waals surface area contributed by atoms with Crippen molar-refractivity contribution in [1.82, 2.24) is 9.97 Å². The molecule has 1 N–H and O–H groups in total. The molecule has 0 bridgehead atoms. The second-order valence-electron chi connectivity index (χ2n) is 7.23. The van der Waals surface area contributed by atoms with Crippen molar-refractivity contribution in [3.63, 3.8) is 0 Å². The van der Waals surface area contributed by atoms with E-state index in [2.05, 4.69) is 15.0 Å². The van der Waals surface area contributed by atoms with Gasteiger partial charge in [-0.25, -0.2) is 14.8 Å². The molecule has 0 unspecified atom stereocenters. The highest BCUT2D eigenvalue weighted by atomic mass is 16.5. The highest BCUT2D eigenvalue weighted by molar-refractivity contribution is 6.21. The third-order valence-corrected chi connectivity index (χ3v) is 5.34. The first-order chi connectivity index (χ1) is 15.2. The number of fused-ring (bicyclic) bond motifs is 2. The van der Waals surface area contributed by atoms with Crippen molar-refractivity contribution < 1.29 is 19.1 Å². The second kappa shape index (κ2) is 7.71. The number of anilines is 1. The summed E-state index contributed by atoms with van der Waals surface area (Å²) < 4.78 is 11.2. The number of nitrogens with zero attached hydrogens (tertiary/aromatic N) is 4. The molecule has 0 aliphatic carbocycles. The summed E-state index contributed by atoms with van der Waals surface area (Å²) in [5, 5.41) is 10.9. The molecule has 8 nitrogen and oxygen atoms in total. The first kappa shape index (κ1) is 19.0. The van der Waals surface area contributed by atoms with Gasteiger partial charge < -0.3 is 19.2 Å². The lowest BCUT2D eigenvalue weighted by Gasteiger charge is -2.28. The molecule has 0 spiro atoms. The van der Waals surface area contributed by atoms with Crippen LogP contribution in [0.25, 0.3) is 11.6 Å². The summed E-state index contributed by atoms with van der Waals surface area (Å²) >= 11 is 0. The number of hydrogen-bond donors (Lipinski definition) is 1. The number of pyridine rings is 2. The Morgan fingerprint density at radius 3 is 3.00 bits per heavy atom. The monoisotopic (exact) mass is 416 g/mol. The van der Waals surface area contributed by atoms with Gasteiger partial charge in [0.15, 0.2) is 22.9 Å². The van der Waals surface area contributed by atoms with Crippen LogP contribution in [-0.4, -0.2) is 40.4 Å². The van der Waals surface area contributed by atoms with Gasteiger partial charge in [-0.15, -0.1) is 0 Å². The number of aliphatic imine (C=N–C) groups is 1. The standard InChI is InChI=1S/C23H20N4O4/c1-2-30-23(29)19-20(28)18(11-15-12-26-21-16(15)6-4-9-25-21)31-22(19)27-10-7-14-5-3-8-24-17(14)13-27/h3-6,8-9,11-12,28H,2,7,10,13H2,1H3. The van der Waals surface area contributed by atoms with E-state index in [-0.39, 0.29) is 29.6 Å². The number of ether oxygens (including phenoxy) is 1. The van der Waals surface area contributed by atoms with Gasteiger partial charge in [0.05, 0.1) is 18.8 Å². The van der Waals surface area contributed by atoms with Crippen LogP contribution in [0, 0.1) is 0 Å². The summed E-state index contributed by atoms with van der Waals surface area (Å²) in [7, 11) is 0. The Bertz CT molecular complexity index is 1230. The molecule has 0 atom stereocenters. The van der Waals surface area contributed by atoms with E-state index < -0.39 is 5.97 Å². The average Bonchev–Trinajstić information content (AvgIpc) is 3.35. The average molecular weight is 416 g/mol. The van der Waals surface area contributed by atoms with Crippen LogP contribution in [0.1, 0.15) is 39.9 Å². The zero-order valence-electron chi connectivity index (χ0n) is 16.9. The Hall–Kier alpha value is -3.94. The quantitative estimate of drug-likeness (QED) is 0.646. The Morgan fingerprint density at radius 1 is 1.29 bits per heavy atom. The van der Waals surface area contributed by atoms with Crippen LogP contribution in [-0.2, 0) is 17.7 Å². The van der Waals surface area contributed by atoms with Gasteiger partial charge in [0.1, 0.15) is 0 Å². The molecular formula is C23H20N4O4. The van der Waals surface area contributed by atoms with Gasteiger partial charge >= 0.3 is 5.97 Å². The number of aromatic nitrogens is 2. The number of hydrogen-bond acceptors (Lipinski definition) is 8. The highest BCUT2D eigenvalue weighted by Crippen LogP contribution is 2.41. The molecule has 0 aromatic carbocycles. The second-order valence-corrected chi connectivity index (χ2v) is 7.23. The van der Waals surface area contributed by atoms with Crippen molar-refractivity contribution >= 4 is 35.5 Å². The molecule has 2 aliphatic heterocycles. The van der Waals surface area contributed by atoms with Crippen LogP contribution in [0.4, 0.5) is 11.7 Å². The van der Waals surface area contributed by atoms with Crippen molar-refractivity contribution in [2.24, 2.45) is 4.99 Å². The van der Waals surface area contributed by atoms with Crippen LogP contribution >= 0.6 is 0 Å². The molecule has 31 heavy (non-hydrogen) atoms. The first-order valence-electron chi connectivity index (χ1n) is 10.1. The van der Waals surface area contributed by atoms with E-state index in [9.17, 15) is 9.90 Å². The summed E-state index contributed by atoms with van der Waals surface area (Å²) in [6.45, 7) is 3.01. The lowest BCUT2D eigenvalue weighted by molar-refractivity contribution is 0.0523.